The van der Waals surface area contributed by atoms with Crippen LogP contribution in [0.3, 0.4) is 0 Å². The fourth-order valence-corrected chi connectivity index (χ4v) is 2.84. The summed E-state index contributed by atoms with van der Waals surface area (Å²) in [6, 6.07) is 4.49. The van der Waals surface area contributed by atoms with Crippen molar-refractivity contribution in [2.24, 2.45) is 5.92 Å². The lowest BCUT2D eigenvalue weighted by Crippen LogP contribution is -2.17. The number of aryl methyl sites for hydroxylation is 1. The highest BCUT2D eigenvalue weighted by Gasteiger charge is 2.22. The largest absolute Gasteiger partial charge is 0.294 e. The van der Waals surface area contributed by atoms with Gasteiger partial charge in [0.1, 0.15) is 5.82 Å². The maximum Gasteiger partial charge on any atom is 0.166 e. The molecule has 0 spiro atoms. The van der Waals surface area contributed by atoms with E-state index in [1.807, 2.05) is 6.92 Å². The summed E-state index contributed by atoms with van der Waals surface area (Å²) < 4.78 is 13.1. The van der Waals surface area contributed by atoms with Gasteiger partial charge in [-0.2, -0.15) is 0 Å². The molecular formula is C16H21FO. The van der Waals surface area contributed by atoms with Gasteiger partial charge in [-0.1, -0.05) is 32.1 Å². The van der Waals surface area contributed by atoms with E-state index in [0.29, 0.717) is 5.56 Å². The Labute approximate surface area is 108 Å². The van der Waals surface area contributed by atoms with Crippen molar-refractivity contribution in [3.05, 3.63) is 35.1 Å². The summed E-state index contributed by atoms with van der Waals surface area (Å²) >= 11 is 0. The molecule has 1 aliphatic carbocycles. The Balaban J connectivity index is 2.13. The molecule has 0 saturated heterocycles. The standard InChI is InChI=1S/C16H21FO/c1-12-11-14(17)9-10-15(12)16(18)13-7-5-3-2-4-6-8-13/h9-11,13H,2-8H2,1H3. The summed E-state index contributed by atoms with van der Waals surface area (Å²) in [5.41, 5.74) is 1.48. The quantitative estimate of drug-likeness (QED) is 0.695. The topological polar surface area (TPSA) is 17.1 Å². The van der Waals surface area contributed by atoms with Gasteiger partial charge in [0.15, 0.2) is 5.78 Å². The van der Waals surface area contributed by atoms with Gasteiger partial charge in [0, 0.05) is 11.5 Å². The van der Waals surface area contributed by atoms with Gasteiger partial charge < -0.3 is 0 Å². The molecule has 0 radical (unpaired) electrons. The van der Waals surface area contributed by atoms with Crippen LogP contribution in [0.15, 0.2) is 18.2 Å². The number of benzene rings is 1. The third kappa shape index (κ3) is 3.18. The molecule has 1 aliphatic rings. The van der Waals surface area contributed by atoms with Crippen molar-refractivity contribution in [3.63, 3.8) is 0 Å². The van der Waals surface area contributed by atoms with Crippen LogP contribution in [0.25, 0.3) is 0 Å². The molecule has 1 nitrogen and oxygen atoms in total. The summed E-state index contributed by atoms with van der Waals surface area (Å²) in [6.45, 7) is 1.82. The number of rotatable bonds is 2. The first kappa shape index (κ1) is 13.3. The van der Waals surface area contributed by atoms with Crippen molar-refractivity contribution in [1.82, 2.24) is 0 Å². The van der Waals surface area contributed by atoms with Crippen LogP contribution in [0.1, 0.15) is 60.9 Å². The van der Waals surface area contributed by atoms with Crippen molar-refractivity contribution in [3.8, 4) is 0 Å². The van der Waals surface area contributed by atoms with Crippen LogP contribution in [0, 0.1) is 18.7 Å². The average molecular weight is 248 g/mol. The van der Waals surface area contributed by atoms with Crippen LogP contribution in [0.2, 0.25) is 0 Å². The highest BCUT2D eigenvalue weighted by atomic mass is 19.1. The minimum atomic E-state index is -0.262. The van der Waals surface area contributed by atoms with Crippen molar-refractivity contribution < 1.29 is 9.18 Å². The molecule has 2 heteroatoms. The molecule has 18 heavy (non-hydrogen) atoms. The molecule has 0 amide bonds. The van der Waals surface area contributed by atoms with E-state index in [4.69, 9.17) is 0 Å². The van der Waals surface area contributed by atoms with Crippen LogP contribution < -0.4 is 0 Å². The molecule has 0 unspecified atom stereocenters. The molecule has 0 aromatic heterocycles. The number of Topliss-reactive ketones (excluding diaryl/α,β-unsaturated/α-hetero) is 1. The summed E-state index contributed by atoms with van der Waals surface area (Å²) in [5.74, 6) is 0.102. The van der Waals surface area contributed by atoms with Crippen LogP contribution in [-0.4, -0.2) is 5.78 Å². The number of carbonyl (C=O) groups is 1. The van der Waals surface area contributed by atoms with E-state index in [9.17, 15) is 9.18 Å². The van der Waals surface area contributed by atoms with Gasteiger partial charge in [-0.15, -0.1) is 0 Å². The van der Waals surface area contributed by atoms with Gasteiger partial charge >= 0.3 is 0 Å². The Hall–Kier alpha value is -1.18. The van der Waals surface area contributed by atoms with E-state index < -0.39 is 0 Å². The molecule has 0 N–H and O–H groups in total. The van der Waals surface area contributed by atoms with Crippen LogP contribution >= 0.6 is 0 Å². The average Bonchev–Trinajstić information content (AvgIpc) is 2.27. The minimum absolute atomic E-state index is 0.148. The van der Waals surface area contributed by atoms with E-state index in [2.05, 4.69) is 0 Å². The first-order valence-electron chi connectivity index (χ1n) is 6.99. The number of halogens is 1. The van der Waals surface area contributed by atoms with Gasteiger partial charge in [-0.25, -0.2) is 4.39 Å². The Kier molecular flexibility index (Phi) is 4.51. The highest BCUT2D eigenvalue weighted by Crippen LogP contribution is 2.26. The Morgan fingerprint density at radius 1 is 1.11 bits per heavy atom. The Morgan fingerprint density at radius 3 is 2.33 bits per heavy atom. The SMILES string of the molecule is Cc1cc(F)ccc1C(=O)C1CCCCCCC1. The van der Waals surface area contributed by atoms with E-state index in [1.54, 1.807) is 6.07 Å². The molecule has 98 valence electrons. The Bertz CT molecular complexity index is 417. The lowest BCUT2D eigenvalue weighted by molar-refractivity contribution is 0.0897. The van der Waals surface area contributed by atoms with E-state index in [-0.39, 0.29) is 17.5 Å². The summed E-state index contributed by atoms with van der Waals surface area (Å²) in [6.07, 6.45) is 8.08. The monoisotopic (exact) mass is 248 g/mol. The predicted molar refractivity (Wildman–Crippen MR) is 71.3 cm³/mol. The third-order valence-electron chi connectivity index (χ3n) is 3.93. The summed E-state index contributed by atoms with van der Waals surface area (Å²) in [5, 5.41) is 0. The summed E-state index contributed by atoms with van der Waals surface area (Å²) in [4.78, 5) is 12.5. The number of hydrogen-bond donors (Lipinski definition) is 0. The second-order valence-electron chi connectivity index (χ2n) is 5.37. The predicted octanol–water partition coefficient (Wildman–Crippen LogP) is 4.68. The molecule has 2 rings (SSSR count). The Morgan fingerprint density at radius 2 is 1.72 bits per heavy atom. The summed E-state index contributed by atoms with van der Waals surface area (Å²) in [7, 11) is 0. The van der Waals surface area contributed by atoms with Gasteiger partial charge in [0.2, 0.25) is 0 Å². The minimum Gasteiger partial charge on any atom is -0.294 e. The molecule has 1 fully saturated rings. The van der Waals surface area contributed by atoms with E-state index in [1.165, 1.54) is 31.4 Å². The lowest BCUT2D eigenvalue weighted by Gasteiger charge is -2.19. The van der Waals surface area contributed by atoms with Gasteiger partial charge in [0.05, 0.1) is 0 Å². The molecule has 1 saturated carbocycles. The second-order valence-corrected chi connectivity index (χ2v) is 5.37. The lowest BCUT2D eigenvalue weighted by atomic mass is 9.84. The third-order valence-corrected chi connectivity index (χ3v) is 3.93. The number of carbonyl (C=O) groups excluding carboxylic acids is 1. The van der Waals surface area contributed by atoms with Crippen molar-refractivity contribution in [2.75, 3.05) is 0 Å². The zero-order chi connectivity index (χ0) is 13.0. The van der Waals surface area contributed by atoms with Crippen LogP contribution in [0.5, 0.6) is 0 Å². The molecule has 0 heterocycles. The van der Waals surface area contributed by atoms with Crippen molar-refractivity contribution in [2.45, 2.75) is 51.9 Å². The molecule has 0 atom stereocenters. The first-order chi connectivity index (χ1) is 8.68. The maximum atomic E-state index is 13.1. The second kappa shape index (κ2) is 6.12. The maximum absolute atomic E-state index is 13.1. The smallest absolute Gasteiger partial charge is 0.166 e. The number of ketones is 1. The van der Waals surface area contributed by atoms with E-state index >= 15 is 0 Å². The molecule has 1 aromatic carbocycles. The fourth-order valence-electron chi connectivity index (χ4n) is 2.84. The molecule has 0 aliphatic heterocycles. The molecule has 0 bridgehead atoms. The zero-order valence-electron chi connectivity index (χ0n) is 11.0. The van der Waals surface area contributed by atoms with Crippen LogP contribution in [0.4, 0.5) is 4.39 Å². The normalized spacial score (nSPS) is 18.1. The van der Waals surface area contributed by atoms with Gasteiger partial charge in [-0.3, -0.25) is 4.79 Å². The van der Waals surface area contributed by atoms with Gasteiger partial charge in [0.25, 0.3) is 0 Å². The fraction of sp³-hybridized carbons (Fsp3) is 0.562. The van der Waals surface area contributed by atoms with Crippen molar-refractivity contribution in [1.29, 1.82) is 0 Å². The van der Waals surface area contributed by atoms with Crippen molar-refractivity contribution >= 4 is 5.78 Å². The zero-order valence-corrected chi connectivity index (χ0v) is 11.0. The molecule has 1 aromatic rings. The molecular weight excluding hydrogens is 227 g/mol. The highest BCUT2D eigenvalue weighted by molar-refractivity contribution is 5.99. The number of hydrogen-bond acceptors (Lipinski definition) is 1. The van der Waals surface area contributed by atoms with Crippen LogP contribution in [-0.2, 0) is 0 Å². The van der Waals surface area contributed by atoms with Gasteiger partial charge in [-0.05, 0) is 43.5 Å². The van der Waals surface area contributed by atoms with E-state index in [0.717, 1.165) is 31.2 Å². The first-order valence-corrected chi connectivity index (χ1v) is 6.99.